The molecule has 0 spiro atoms. The van der Waals surface area contributed by atoms with Crippen molar-refractivity contribution in [3.8, 4) is 0 Å². The number of carbonyl (C=O) groups excluding carboxylic acids is 2. The Kier molecular flexibility index (Phi) is 10.1. The summed E-state index contributed by atoms with van der Waals surface area (Å²) in [6, 6.07) is 17.8. The quantitative estimate of drug-likeness (QED) is 0.303. The number of likely N-dealkylation sites (tertiary alicyclic amines) is 1. The van der Waals surface area contributed by atoms with Crippen LogP contribution >= 0.6 is 11.6 Å². The van der Waals surface area contributed by atoms with Gasteiger partial charge in [0.05, 0.1) is 16.9 Å². The maximum atomic E-state index is 14.3. The van der Waals surface area contributed by atoms with Gasteiger partial charge in [-0.15, -0.1) is 0 Å². The zero-order valence-corrected chi connectivity index (χ0v) is 24.0. The van der Waals surface area contributed by atoms with E-state index in [0.29, 0.717) is 29.5 Å². The number of para-hydroxylation sites is 1. The van der Waals surface area contributed by atoms with Crippen molar-refractivity contribution in [1.29, 1.82) is 0 Å². The molecule has 3 aromatic rings. The first-order chi connectivity index (χ1) is 19.2. The molecule has 2 N–H and O–H groups in total. The fourth-order valence-electron chi connectivity index (χ4n) is 5.33. The molecule has 2 aromatic carbocycles. The van der Waals surface area contributed by atoms with E-state index in [2.05, 4.69) is 27.4 Å². The van der Waals surface area contributed by atoms with Gasteiger partial charge in [0.2, 0.25) is 0 Å². The zero-order chi connectivity index (χ0) is 28.6. The summed E-state index contributed by atoms with van der Waals surface area (Å²) < 4.78 is 14.3. The second-order valence-corrected chi connectivity index (χ2v) is 10.8. The molecule has 0 saturated carbocycles. The van der Waals surface area contributed by atoms with Crippen LogP contribution in [0.2, 0.25) is 5.15 Å². The molecular weight excluding hydrogens is 529 g/mol. The van der Waals surface area contributed by atoms with Crippen molar-refractivity contribution in [1.82, 2.24) is 20.1 Å². The molecule has 1 fully saturated rings. The molecule has 1 saturated heterocycles. The summed E-state index contributed by atoms with van der Waals surface area (Å²) in [4.78, 5) is 34.6. The lowest BCUT2D eigenvalue weighted by atomic mass is 10.00. The molecule has 1 atom stereocenters. The van der Waals surface area contributed by atoms with E-state index in [1.807, 2.05) is 42.2 Å². The molecule has 1 aliphatic rings. The highest BCUT2D eigenvalue weighted by Crippen LogP contribution is 2.23. The van der Waals surface area contributed by atoms with Crippen molar-refractivity contribution in [3.63, 3.8) is 0 Å². The molecule has 7 nitrogen and oxygen atoms in total. The average Bonchev–Trinajstić information content (AvgIpc) is 2.93. The first-order valence-electron chi connectivity index (χ1n) is 13.7. The van der Waals surface area contributed by atoms with Crippen molar-refractivity contribution < 1.29 is 14.0 Å². The van der Waals surface area contributed by atoms with Gasteiger partial charge in [-0.2, -0.15) is 0 Å². The molecule has 1 unspecified atom stereocenters. The van der Waals surface area contributed by atoms with Gasteiger partial charge in [-0.05, 0) is 69.4 Å². The van der Waals surface area contributed by atoms with E-state index < -0.39 is 5.82 Å². The number of aryl methyl sites for hydroxylation is 2. The number of amides is 3. The molecule has 0 aliphatic carbocycles. The largest absolute Gasteiger partial charge is 0.352 e. The molecule has 1 aliphatic heterocycles. The van der Waals surface area contributed by atoms with E-state index in [0.717, 1.165) is 43.5 Å². The van der Waals surface area contributed by atoms with Crippen LogP contribution in [0.5, 0.6) is 0 Å². The van der Waals surface area contributed by atoms with Gasteiger partial charge in [-0.3, -0.25) is 4.79 Å². The Labute approximate surface area is 240 Å². The second-order valence-electron chi connectivity index (χ2n) is 10.4. The number of aromatic nitrogens is 1. The third-order valence-corrected chi connectivity index (χ3v) is 7.77. The minimum absolute atomic E-state index is 0.0264. The van der Waals surface area contributed by atoms with E-state index in [9.17, 15) is 14.0 Å². The van der Waals surface area contributed by atoms with Crippen LogP contribution < -0.4 is 10.6 Å². The predicted octanol–water partition coefficient (Wildman–Crippen LogP) is 6.20. The summed E-state index contributed by atoms with van der Waals surface area (Å²) in [5.41, 5.74) is 3.21. The Balaban J connectivity index is 1.32. The Morgan fingerprint density at radius 3 is 2.45 bits per heavy atom. The van der Waals surface area contributed by atoms with E-state index >= 15 is 0 Å². The third-order valence-electron chi connectivity index (χ3n) is 7.58. The molecule has 4 rings (SSSR count). The lowest BCUT2D eigenvalue weighted by molar-refractivity contribution is 0.0918. The highest BCUT2D eigenvalue weighted by molar-refractivity contribution is 6.29. The van der Waals surface area contributed by atoms with Gasteiger partial charge >= 0.3 is 6.03 Å². The van der Waals surface area contributed by atoms with Gasteiger partial charge in [0, 0.05) is 38.3 Å². The second kappa shape index (κ2) is 13.7. The summed E-state index contributed by atoms with van der Waals surface area (Å²) in [5.74, 6) is -0.591. The summed E-state index contributed by atoms with van der Waals surface area (Å²) in [5, 5.41) is 6.18. The van der Waals surface area contributed by atoms with Crippen LogP contribution in [0.3, 0.4) is 0 Å². The number of nitrogens with one attached hydrogen (secondary N) is 2. The molecule has 40 heavy (non-hydrogen) atoms. The van der Waals surface area contributed by atoms with Gasteiger partial charge in [-0.25, -0.2) is 14.2 Å². The van der Waals surface area contributed by atoms with Crippen LogP contribution in [0.1, 0.15) is 53.4 Å². The lowest BCUT2D eigenvalue weighted by Gasteiger charge is -2.40. The van der Waals surface area contributed by atoms with Crippen LogP contribution in [0.25, 0.3) is 0 Å². The number of nitrogens with zero attached hydrogens (tertiary/aromatic N) is 3. The number of hydrogen-bond acceptors (Lipinski definition) is 4. The number of hydrogen-bond donors (Lipinski definition) is 2. The molecule has 212 valence electrons. The van der Waals surface area contributed by atoms with Gasteiger partial charge in [-0.1, -0.05) is 54.1 Å². The highest BCUT2D eigenvalue weighted by Gasteiger charge is 2.30. The number of rotatable bonds is 9. The number of halogens is 2. The topological polar surface area (TPSA) is 77.6 Å². The molecular formula is C31H37ClFN5O2. The molecule has 9 heteroatoms. The molecule has 3 amide bonds. The van der Waals surface area contributed by atoms with E-state index in [4.69, 9.17) is 11.6 Å². The van der Waals surface area contributed by atoms with Crippen LogP contribution in [-0.4, -0.2) is 58.4 Å². The summed E-state index contributed by atoms with van der Waals surface area (Å²) in [6.07, 6.45) is 2.42. The van der Waals surface area contributed by atoms with Crippen LogP contribution in [-0.2, 0) is 6.54 Å². The Hall–Kier alpha value is -3.49. The first kappa shape index (κ1) is 29.5. The monoisotopic (exact) mass is 565 g/mol. The highest BCUT2D eigenvalue weighted by atomic mass is 35.5. The van der Waals surface area contributed by atoms with Crippen LogP contribution in [0.15, 0.2) is 60.7 Å². The van der Waals surface area contributed by atoms with Crippen molar-refractivity contribution in [2.75, 3.05) is 25.0 Å². The fraction of sp³-hybridized carbons (Fsp3) is 0.387. The van der Waals surface area contributed by atoms with Crippen molar-refractivity contribution in [2.45, 2.75) is 58.7 Å². The van der Waals surface area contributed by atoms with Crippen LogP contribution in [0, 0.1) is 19.7 Å². The normalized spacial score (nSPS) is 14.9. The van der Waals surface area contributed by atoms with E-state index in [1.54, 1.807) is 31.2 Å². The van der Waals surface area contributed by atoms with Gasteiger partial charge in [0.15, 0.2) is 0 Å². The maximum absolute atomic E-state index is 14.3. The molecule has 0 radical (unpaired) electrons. The Morgan fingerprint density at radius 1 is 1.10 bits per heavy atom. The van der Waals surface area contributed by atoms with Gasteiger partial charge in [0.25, 0.3) is 5.91 Å². The number of piperidine rings is 1. The van der Waals surface area contributed by atoms with Gasteiger partial charge < -0.3 is 20.4 Å². The van der Waals surface area contributed by atoms with E-state index in [-0.39, 0.29) is 29.7 Å². The molecule has 0 bridgehead atoms. The number of urea groups is 1. The SMILES string of the molecule is Cc1cc(Cl)nc(C)c1C(=O)NCCC(C)N1CCC(N(Cc2ccccc2)C(=O)Nc2ccccc2F)CC1. The number of benzene rings is 2. The molecule has 2 heterocycles. The van der Waals surface area contributed by atoms with Crippen molar-refractivity contribution in [2.24, 2.45) is 0 Å². The van der Waals surface area contributed by atoms with Crippen LogP contribution in [0.4, 0.5) is 14.9 Å². The summed E-state index contributed by atoms with van der Waals surface area (Å²) in [6.45, 7) is 8.48. The number of carbonyl (C=O) groups is 2. The average molecular weight is 566 g/mol. The smallest absolute Gasteiger partial charge is 0.322 e. The summed E-state index contributed by atoms with van der Waals surface area (Å²) >= 11 is 6.00. The first-order valence-corrected chi connectivity index (χ1v) is 14.1. The minimum atomic E-state index is -0.455. The minimum Gasteiger partial charge on any atom is -0.352 e. The van der Waals surface area contributed by atoms with E-state index in [1.165, 1.54) is 6.07 Å². The lowest BCUT2D eigenvalue weighted by Crippen LogP contribution is -2.50. The predicted molar refractivity (Wildman–Crippen MR) is 157 cm³/mol. The van der Waals surface area contributed by atoms with Gasteiger partial charge in [0.1, 0.15) is 11.0 Å². The number of pyridine rings is 1. The fourth-order valence-corrected chi connectivity index (χ4v) is 5.62. The molecule has 1 aromatic heterocycles. The zero-order valence-electron chi connectivity index (χ0n) is 23.3. The summed E-state index contributed by atoms with van der Waals surface area (Å²) in [7, 11) is 0. The maximum Gasteiger partial charge on any atom is 0.322 e. The standard InChI is InChI=1S/C31H37ClFN5O2/c1-21-19-28(32)35-23(3)29(21)30(39)34-16-13-22(2)37-17-14-25(15-18-37)38(20-24-9-5-4-6-10-24)31(40)36-27-12-8-7-11-26(27)33/h4-12,19,22,25H,13-18,20H2,1-3H3,(H,34,39)(H,36,40). The Bertz CT molecular complexity index is 1290. The van der Waals surface area contributed by atoms with Crippen molar-refractivity contribution in [3.05, 3.63) is 94.0 Å². The number of anilines is 1. The van der Waals surface area contributed by atoms with Crippen molar-refractivity contribution >= 4 is 29.2 Å². The Morgan fingerprint density at radius 2 is 1.77 bits per heavy atom. The third kappa shape index (κ3) is 7.58.